The van der Waals surface area contributed by atoms with E-state index >= 15 is 0 Å². The van der Waals surface area contributed by atoms with Crippen molar-refractivity contribution in [3.05, 3.63) is 12.0 Å². The normalized spacial score (nSPS) is 31.9. The third kappa shape index (κ3) is 3.05. The van der Waals surface area contributed by atoms with Crippen molar-refractivity contribution in [2.75, 3.05) is 11.9 Å². The van der Waals surface area contributed by atoms with Crippen LogP contribution in [0.2, 0.25) is 0 Å². The second kappa shape index (κ2) is 6.71. The van der Waals surface area contributed by atoms with Crippen molar-refractivity contribution in [2.45, 2.75) is 64.8 Å². The molecular formula is C21H28N4O3. The van der Waals surface area contributed by atoms with Gasteiger partial charge in [-0.1, -0.05) is 5.16 Å². The summed E-state index contributed by atoms with van der Waals surface area (Å²) < 4.78 is 10.3. The Bertz CT molecular complexity index is 858. The molecule has 0 spiro atoms. The molecule has 2 aromatic rings. The van der Waals surface area contributed by atoms with Gasteiger partial charge in [0.1, 0.15) is 17.5 Å². The second-order valence-corrected chi connectivity index (χ2v) is 9.32. The molecule has 4 fully saturated rings. The number of hydrogen-bond acceptors (Lipinski definition) is 7. The van der Waals surface area contributed by atoms with Crippen molar-refractivity contribution in [3.63, 3.8) is 0 Å². The number of rotatable bonds is 6. The molecule has 150 valence electrons. The fourth-order valence-electron chi connectivity index (χ4n) is 6.71. The third-order valence-electron chi connectivity index (χ3n) is 7.03. The lowest BCUT2D eigenvalue weighted by Gasteiger charge is -2.57. The molecule has 4 bridgehead atoms. The summed E-state index contributed by atoms with van der Waals surface area (Å²) in [6, 6.07) is 0.249. The predicted molar refractivity (Wildman–Crippen MR) is 104 cm³/mol. The average Bonchev–Trinajstić information content (AvgIpc) is 3.05. The van der Waals surface area contributed by atoms with E-state index in [9.17, 15) is 4.79 Å². The zero-order valence-electron chi connectivity index (χ0n) is 16.6. The second-order valence-electron chi connectivity index (χ2n) is 9.32. The van der Waals surface area contributed by atoms with Crippen LogP contribution < -0.4 is 5.32 Å². The topological polar surface area (TPSA) is 90.1 Å². The minimum absolute atomic E-state index is 0.141. The standard InChI is InChI=1S/C21H28N4O3/c1-3-27-20(26)17-16-18(22-11-23-19(16)28-25-17)24-12(2)7-21-8-13-4-14(9-21)6-15(5-13)10-21/h11-15H,3-10H2,1-2H3,(H,22,23,24)/t12-,13?,14?,15?,21?/m0/s1. The Morgan fingerprint density at radius 2 is 1.93 bits per heavy atom. The van der Waals surface area contributed by atoms with Crippen LogP contribution in [0, 0.1) is 23.2 Å². The van der Waals surface area contributed by atoms with Crippen LogP contribution >= 0.6 is 0 Å². The zero-order chi connectivity index (χ0) is 19.3. The van der Waals surface area contributed by atoms with Gasteiger partial charge in [0, 0.05) is 6.04 Å². The molecule has 0 amide bonds. The van der Waals surface area contributed by atoms with Crippen LogP contribution in [0.25, 0.3) is 11.1 Å². The number of nitrogens with one attached hydrogen (secondary N) is 1. The van der Waals surface area contributed by atoms with E-state index in [1.807, 2.05) is 0 Å². The third-order valence-corrected chi connectivity index (χ3v) is 7.03. The van der Waals surface area contributed by atoms with Crippen molar-refractivity contribution in [1.82, 2.24) is 15.1 Å². The minimum Gasteiger partial charge on any atom is -0.461 e. The average molecular weight is 384 g/mol. The molecule has 7 heteroatoms. The Morgan fingerprint density at radius 3 is 2.57 bits per heavy atom. The zero-order valence-corrected chi connectivity index (χ0v) is 16.6. The number of nitrogens with zero attached hydrogens (tertiary/aromatic N) is 3. The Kier molecular flexibility index (Phi) is 4.29. The Morgan fingerprint density at radius 1 is 1.25 bits per heavy atom. The lowest BCUT2D eigenvalue weighted by Crippen LogP contribution is -2.47. The molecule has 0 saturated heterocycles. The van der Waals surface area contributed by atoms with Gasteiger partial charge in [-0.3, -0.25) is 0 Å². The molecule has 0 unspecified atom stereocenters. The summed E-state index contributed by atoms with van der Waals surface area (Å²) in [7, 11) is 0. The first kappa shape index (κ1) is 17.9. The maximum atomic E-state index is 12.2. The number of aromatic nitrogens is 3. The van der Waals surface area contributed by atoms with Gasteiger partial charge in [-0.15, -0.1) is 0 Å². The number of anilines is 1. The number of esters is 1. The van der Waals surface area contributed by atoms with Gasteiger partial charge in [-0.05, 0) is 82.0 Å². The van der Waals surface area contributed by atoms with E-state index in [0.717, 1.165) is 24.2 Å². The van der Waals surface area contributed by atoms with E-state index < -0.39 is 5.97 Å². The van der Waals surface area contributed by atoms with Crippen LogP contribution in [0.3, 0.4) is 0 Å². The first-order valence-electron chi connectivity index (χ1n) is 10.6. The fraction of sp³-hybridized carbons (Fsp3) is 0.714. The van der Waals surface area contributed by atoms with Crippen molar-refractivity contribution in [2.24, 2.45) is 23.2 Å². The molecule has 0 radical (unpaired) electrons. The van der Waals surface area contributed by atoms with Gasteiger partial charge in [0.05, 0.1) is 6.61 Å². The molecule has 2 aromatic heterocycles. The summed E-state index contributed by atoms with van der Waals surface area (Å²) in [6.07, 6.45) is 11.1. The van der Waals surface area contributed by atoms with Gasteiger partial charge in [-0.25, -0.2) is 9.78 Å². The van der Waals surface area contributed by atoms with E-state index in [1.54, 1.807) is 6.92 Å². The van der Waals surface area contributed by atoms with Crippen LogP contribution in [0.1, 0.15) is 69.3 Å². The molecular weight excluding hydrogens is 356 g/mol. The van der Waals surface area contributed by atoms with E-state index in [1.165, 1.54) is 44.9 Å². The van der Waals surface area contributed by atoms with Crippen LogP contribution in [0.15, 0.2) is 10.9 Å². The van der Waals surface area contributed by atoms with Crippen molar-refractivity contribution in [1.29, 1.82) is 0 Å². The molecule has 2 heterocycles. The molecule has 0 aliphatic heterocycles. The van der Waals surface area contributed by atoms with E-state index in [-0.39, 0.29) is 18.3 Å². The summed E-state index contributed by atoms with van der Waals surface area (Å²) in [6.45, 7) is 4.26. The molecule has 6 rings (SSSR count). The van der Waals surface area contributed by atoms with Crippen molar-refractivity contribution < 1.29 is 14.1 Å². The van der Waals surface area contributed by atoms with Gasteiger partial charge in [-0.2, -0.15) is 4.98 Å². The van der Waals surface area contributed by atoms with Crippen LogP contribution in [-0.4, -0.2) is 33.7 Å². The first-order valence-corrected chi connectivity index (χ1v) is 10.6. The summed E-state index contributed by atoms with van der Waals surface area (Å²) in [5, 5.41) is 7.91. The summed E-state index contributed by atoms with van der Waals surface area (Å²) >= 11 is 0. The smallest absolute Gasteiger partial charge is 0.361 e. The van der Waals surface area contributed by atoms with E-state index in [2.05, 4.69) is 27.4 Å². The Labute approximate surface area is 164 Å². The van der Waals surface area contributed by atoms with Gasteiger partial charge in [0.2, 0.25) is 5.69 Å². The molecule has 28 heavy (non-hydrogen) atoms. The molecule has 1 atom stereocenters. The first-order chi connectivity index (χ1) is 13.5. The number of fused-ring (bicyclic) bond motifs is 1. The highest BCUT2D eigenvalue weighted by atomic mass is 16.5. The minimum atomic E-state index is -0.507. The quantitative estimate of drug-likeness (QED) is 0.746. The lowest BCUT2D eigenvalue weighted by molar-refractivity contribution is -0.0587. The maximum Gasteiger partial charge on any atom is 0.361 e. The molecule has 7 nitrogen and oxygen atoms in total. The van der Waals surface area contributed by atoms with Crippen LogP contribution in [-0.2, 0) is 4.74 Å². The SMILES string of the molecule is CCOC(=O)c1noc2ncnc(N[C@@H](C)CC34CC5CC(CC(C5)C3)C4)c12. The number of carbonyl (C=O) groups excluding carboxylic acids is 1. The highest BCUT2D eigenvalue weighted by Crippen LogP contribution is 2.61. The van der Waals surface area contributed by atoms with Gasteiger partial charge in [0.25, 0.3) is 5.71 Å². The molecule has 4 saturated carbocycles. The van der Waals surface area contributed by atoms with Gasteiger partial charge >= 0.3 is 5.97 Å². The fourth-order valence-corrected chi connectivity index (χ4v) is 6.71. The largest absolute Gasteiger partial charge is 0.461 e. The van der Waals surface area contributed by atoms with Gasteiger partial charge in [0.15, 0.2) is 0 Å². The number of ether oxygens (including phenoxy) is 1. The van der Waals surface area contributed by atoms with E-state index in [4.69, 9.17) is 9.26 Å². The maximum absolute atomic E-state index is 12.2. The lowest BCUT2D eigenvalue weighted by atomic mass is 9.48. The summed E-state index contributed by atoms with van der Waals surface area (Å²) in [4.78, 5) is 20.7. The van der Waals surface area contributed by atoms with Gasteiger partial charge < -0.3 is 14.6 Å². The highest BCUT2D eigenvalue weighted by molar-refractivity contribution is 6.04. The summed E-state index contributed by atoms with van der Waals surface area (Å²) in [5.74, 6) is 2.92. The highest BCUT2D eigenvalue weighted by Gasteiger charge is 2.51. The molecule has 4 aliphatic rings. The van der Waals surface area contributed by atoms with E-state index in [0.29, 0.717) is 22.3 Å². The molecule has 1 N–H and O–H groups in total. The van der Waals surface area contributed by atoms with Crippen LogP contribution in [0.5, 0.6) is 0 Å². The predicted octanol–water partition coefficient (Wildman–Crippen LogP) is 4.20. The molecule has 0 aromatic carbocycles. The Balaban J connectivity index is 1.37. The van der Waals surface area contributed by atoms with Crippen LogP contribution in [0.4, 0.5) is 5.82 Å². The number of hydrogen-bond donors (Lipinski definition) is 1. The Hall–Kier alpha value is -2.18. The van der Waals surface area contributed by atoms with Crippen molar-refractivity contribution in [3.8, 4) is 0 Å². The number of carbonyl (C=O) groups is 1. The summed E-state index contributed by atoms with van der Waals surface area (Å²) in [5.41, 5.74) is 0.927. The van der Waals surface area contributed by atoms with Crippen molar-refractivity contribution >= 4 is 22.9 Å². The monoisotopic (exact) mass is 384 g/mol. The molecule has 4 aliphatic carbocycles.